The third-order valence-electron chi connectivity index (χ3n) is 7.89. The van der Waals surface area contributed by atoms with Gasteiger partial charge in [0.1, 0.15) is 0 Å². The number of hydrogen-bond acceptors (Lipinski definition) is 2. The zero-order chi connectivity index (χ0) is 22.2. The maximum Gasteiger partial charge on any atom is 0.193 e. The van der Waals surface area contributed by atoms with Crippen molar-refractivity contribution in [3.63, 3.8) is 0 Å². The summed E-state index contributed by atoms with van der Waals surface area (Å²) in [5.41, 5.74) is 2.87. The van der Waals surface area contributed by atoms with Crippen molar-refractivity contribution < 1.29 is 4.79 Å². The Morgan fingerprint density at radius 2 is 1.62 bits per heavy atom. The molecule has 1 heterocycles. The Hall–Kier alpha value is -1.93. The molecule has 2 aromatic rings. The Kier molecular flexibility index (Phi) is 8.56. The van der Waals surface area contributed by atoms with Gasteiger partial charge in [-0.15, -0.1) is 0 Å². The summed E-state index contributed by atoms with van der Waals surface area (Å²) >= 11 is 0. The molecule has 0 bridgehead atoms. The first-order valence-electron chi connectivity index (χ1n) is 13.1. The van der Waals surface area contributed by atoms with Gasteiger partial charge >= 0.3 is 0 Å². The summed E-state index contributed by atoms with van der Waals surface area (Å²) in [7, 11) is 0. The highest BCUT2D eigenvalue weighted by atomic mass is 16.1. The molecule has 0 radical (unpaired) electrons. The van der Waals surface area contributed by atoms with Crippen LogP contribution in [-0.4, -0.2) is 29.8 Å². The predicted octanol–water partition coefficient (Wildman–Crippen LogP) is 7.63. The largest absolute Gasteiger partial charge is 0.300 e. The molecule has 2 atom stereocenters. The SMILES string of the molecule is CC(CN1CCCCC1CCCC1CCCCC1)c1cccc(C(=O)c2ccccc2)c1. The van der Waals surface area contributed by atoms with Crippen LogP contribution < -0.4 is 0 Å². The second-order valence-corrected chi connectivity index (χ2v) is 10.3. The minimum Gasteiger partial charge on any atom is -0.300 e. The molecule has 2 nitrogen and oxygen atoms in total. The second kappa shape index (κ2) is 11.8. The van der Waals surface area contributed by atoms with Crippen LogP contribution in [0.4, 0.5) is 0 Å². The summed E-state index contributed by atoms with van der Waals surface area (Å²) < 4.78 is 0. The summed E-state index contributed by atoms with van der Waals surface area (Å²) in [5.74, 6) is 1.57. The standard InChI is InChI=1S/C30H41NO/c1-24(27-17-11-18-28(22-27)30(32)26-15-6-3-7-16-26)23-31-21-9-8-19-29(31)20-10-14-25-12-4-2-5-13-25/h3,6-7,11,15-18,22,24-25,29H,2,4-5,8-10,12-14,19-21,23H2,1H3. The van der Waals surface area contributed by atoms with E-state index in [1.54, 1.807) is 0 Å². The molecule has 32 heavy (non-hydrogen) atoms. The number of rotatable bonds is 9. The van der Waals surface area contributed by atoms with Gasteiger partial charge < -0.3 is 0 Å². The third-order valence-corrected chi connectivity index (χ3v) is 7.89. The first-order valence-corrected chi connectivity index (χ1v) is 13.1. The molecule has 0 aromatic heterocycles. The second-order valence-electron chi connectivity index (χ2n) is 10.3. The minimum absolute atomic E-state index is 0.123. The summed E-state index contributed by atoms with van der Waals surface area (Å²) in [5, 5.41) is 0. The Labute approximate surface area is 195 Å². The number of carbonyl (C=O) groups is 1. The lowest BCUT2D eigenvalue weighted by Crippen LogP contribution is -2.41. The monoisotopic (exact) mass is 431 g/mol. The number of benzene rings is 2. The fraction of sp³-hybridized carbons (Fsp3) is 0.567. The molecular formula is C30H41NO. The lowest BCUT2D eigenvalue weighted by molar-refractivity contribution is 0.103. The topological polar surface area (TPSA) is 20.3 Å². The smallest absolute Gasteiger partial charge is 0.193 e. The van der Waals surface area contributed by atoms with E-state index in [4.69, 9.17) is 0 Å². The number of carbonyl (C=O) groups excluding carboxylic acids is 1. The van der Waals surface area contributed by atoms with Gasteiger partial charge in [0.25, 0.3) is 0 Å². The summed E-state index contributed by atoms with van der Waals surface area (Å²) in [6.07, 6.45) is 15.6. The molecule has 172 valence electrons. The van der Waals surface area contributed by atoms with E-state index in [2.05, 4.69) is 30.0 Å². The first kappa shape index (κ1) is 23.2. The van der Waals surface area contributed by atoms with E-state index in [0.29, 0.717) is 5.92 Å². The van der Waals surface area contributed by atoms with Crippen molar-refractivity contribution in [1.29, 1.82) is 0 Å². The molecular weight excluding hydrogens is 390 g/mol. The van der Waals surface area contributed by atoms with E-state index in [9.17, 15) is 4.79 Å². The molecule has 2 aliphatic rings. The predicted molar refractivity (Wildman–Crippen MR) is 134 cm³/mol. The number of piperidine rings is 1. The molecule has 1 saturated heterocycles. The highest BCUT2D eigenvalue weighted by Gasteiger charge is 2.25. The molecule has 1 saturated carbocycles. The van der Waals surface area contributed by atoms with E-state index < -0.39 is 0 Å². The molecule has 2 aromatic carbocycles. The van der Waals surface area contributed by atoms with Crippen molar-refractivity contribution in [3.8, 4) is 0 Å². The maximum absolute atomic E-state index is 12.9. The highest BCUT2D eigenvalue weighted by molar-refractivity contribution is 6.09. The molecule has 2 heteroatoms. The molecule has 2 fully saturated rings. The number of hydrogen-bond donors (Lipinski definition) is 0. The van der Waals surface area contributed by atoms with Gasteiger partial charge in [0.15, 0.2) is 5.78 Å². The molecule has 2 unspecified atom stereocenters. The van der Waals surface area contributed by atoms with Crippen LogP contribution >= 0.6 is 0 Å². The molecule has 0 N–H and O–H groups in total. The van der Waals surface area contributed by atoms with Crippen molar-refractivity contribution in [2.45, 2.75) is 89.5 Å². The lowest BCUT2D eigenvalue weighted by Gasteiger charge is -2.38. The van der Waals surface area contributed by atoms with Gasteiger partial charge in [0.05, 0.1) is 0 Å². The van der Waals surface area contributed by atoms with Crippen LogP contribution in [0, 0.1) is 5.92 Å². The molecule has 0 amide bonds. The Bertz CT molecular complexity index is 839. The summed E-state index contributed by atoms with van der Waals surface area (Å²) in [6, 6.07) is 18.7. The average Bonchev–Trinajstić information content (AvgIpc) is 2.86. The summed E-state index contributed by atoms with van der Waals surface area (Å²) in [6.45, 7) is 4.68. The number of ketones is 1. The van der Waals surface area contributed by atoms with Gasteiger partial charge in [0, 0.05) is 23.7 Å². The van der Waals surface area contributed by atoms with Crippen molar-refractivity contribution in [3.05, 3.63) is 71.3 Å². The highest BCUT2D eigenvalue weighted by Crippen LogP contribution is 2.30. The van der Waals surface area contributed by atoms with E-state index in [0.717, 1.165) is 29.6 Å². The van der Waals surface area contributed by atoms with Crippen molar-refractivity contribution in [2.24, 2.45) is 5.92 Å². The Morgan fingerprint density at radius 1 is 0.875 bits per heavy atom. The lowest BCUT2D eigenvalue weighted by atomic mass is 9.84. The molecule has 4 rings (SSSR count). The zero-order valence-corrected chi connectivity index (χ0v) is 20.0. The van der Waals surface area contributed by atoms with Crippen molar-refractivity contribution >= 4 is 5.78 Å². The van der Waals surface area contributed by atoms with Crippen LogP contribution in [0.5, 0.6) is 0 Å². The fourth-order valence-corrected chi connectivity index (χ4v) is 5.95. The van der Waals surface area contributed by atoms with Crippen molar-refractivity contribution in [1.82, 2.24) is 4.90 Å². The van der Waals surface area contributed by atoms with Crippen LogP contribution in [0.2, 0.25) is 0 Å². The third kappa shape index (κ3) is 6.32. The quantitative estimate of drug-likeness (QED) is 0.380. The normalized spacial score (nSPS) is 21.3. The first-order chi connectivity index (χ1) is 15.7. The molecule has 0 spiro atoms. The minimum atomic E-state index is 0.123. The van der Waals surface area contributed by atoms with E-state index in [1.165, 1.54) is 82.7 Å². The van der Waals surface area contributed by atoms with Gasteiger partial charge in [-0.2, -0.15) is 0 Å². The van der Waals surface area contributed by atoms with Crippen molar-refractivity contribution in [2.75, 3.05) is 13.1 Å². The van der Waals surface area contributed by atoms with Crippen LogP contribution in [0.1, 0.15) is 105 Å². The number of nitrogens with zero attached hydrogens (tertiary/aromatic N) is 1. The zero-order valence-electron chi connectivity index (χ0n) is 20.0. The Balaban J connectivity index is 1.34. The summed E-state index contributed by atoms with van der Waals surface area (Å²) in [4.78, 5) is 15.7. The fourth-order valence-electron chi connectivity index (χ4n) is 5.95. The van der Waals surface area contributed by atoms with Crippen LogP contribution in [-0.2, 0) is 0 Å². The maximum atomic E-state index is 12.9. The van der Waals surface area contributed by atoms with Gasteiger partial charge in [-0.25, -0.2) is 0 Å². The van der Waals surface area contributed by atoms with Gasteiger partial charge in [-0.1, -0.05) is 107 Å². The number of likely N-dealkylation sites (tertiary alicyclic amines) is 1. The van der Waals surface area contributed by atoms with Gasteiger partial charge in [0.2, 0.25) is 0 Å². The Morgan fingerprint density at radius 3 is 2.44 bits per heavy atom. The molecule has 1 aliphatic carbocycles. The van der Waals surface area contributed by atoms with E-state index >= 15 is 0 Å². The van der Waals surface area contributed by atoms with Gasteiger partial charge in [-0.05, 0) is 49.3 Å². The van der Waals surface area contributed by atoms with Crippen LogP contribution in [0.3, 0.4) is 0 Å². The average molecular weight is 432 g/mol. The van der Waals surface area contributed by atoms with E-state index in [1.807, 2.05) is 36.4 Å². The van der Waals surface area contributed by atoms with Gasteiger partial charge in [-0.3, -0.25) is 9.69 Å². The van der Waals surface area contributed by atoms with Crippen LogP contribution in [0.25, 0.3) is 0 Å². The van der Waals surface area contributed by atoms with E-state index in [-0.39, 0.29) is 5.78 Å². The molecule has 1 aliphatic heterocycles. The van der Waals surface area contributed by atoms with Crippen LogP contribution in [0.15, 0.2) is 54.6 Å².